The van der Waals surface area contributed by atoms with Gasteiger partial charge in [0.25, 0.3) is 5.91 Å². The van der Waals surface area contributed by atoms with Crippen LogP contribution in [-0.2, 0) is 19.1 Å². The Kier molecular flexibility index (Phi) is 6.56. The van der Waals surface area contributed by atoms with E-state index in [0.29, 0.717) is 13.0 Å². The van der Waals surface area contributed by atoms with Gasteiger partial charge in [0.2, 0.25) is 5.91 Å². The minimum absolute atomic E-state index is 0.0258. The van der Waals surface area contributed by atoms with Crippen LogP contribution in [-0.4, -0.2) is 41.9 Å². The van der Waals surface area contributed by atoms with Gasteiger partial charge in [-0.1, -0.05) is 24.6 Å². The number of ether oxygens (including phenoxy) is 1. The monoisotopic (exact) mass is 346 g/mol. The average molecular weight is 346 g/mol. The summed E-state index contributed by atoms with van der Waals surface area (Å²) >= 11 is 0. The van der Waals surface area contributed by atoms with E-state index < -0.39 is 12.1 Å². The number of para-hydroxylation sites is 1. The number of hydrogen-bond donors (Lipinski definition) is 1. The van der Waals surface area contributed by atoms with Gasteiger partial charge < -0.3 is 15.0 Å². The van der Waals surface area contributed by atoms with Crippen LogP contribution in [0, 0.1) is 13.8 Å². The summed E-state index contributed by atoms with van der Waals surface area (Å²) in [6.07, 6.45) is 2.29. The van der Waals surface area contributed by atoms with E-state index in [0.717, 1.165) is 36.1 Å². The van der Waals surface area contributed by atoms with Crippen LogP contribution in [0.15, 0.2) is 18.2 Å². The number of nitrogens with zero attached hydrogens (tertiary/aromatic N) is 1. The molecule has 2 amide bonds. The SMILES string of the molecule is Cc1cccc(C)c1NC(=O)[C@H](C)OC(=O)CN1CCCCCC1=O. The van der Waals surface area contributed by atoms with Crippen molar-refractivity contribution in [2.24, 2.45) is 0 Å². The number of anilines is 1. The Morgan fingerprint density at radius 2 is 1.88 bits per heavy atom. The summed E-state index contributed by atoms with van der Waals surface area (Å²) in [6, 6.07) is 5.73. The van der Waals surface area contributed by atoms with Gasteiger partial charge in [0, 0.05) is 18.7 Å². The Morgan fingerprint density at radius 1 is 1.20 bits per heavy atom. The van der Waals surface area contributed by atoms with Gasteiger partial charge in [-0.25, -0.2) is 0 Å². The third kappa shape index (κ3) is 5.31. The van der Waals surface area contributed by atoms with E-state index in [1.165, 1.54) is 11.8 Å². The molecule has 0 unspecified atom stereocenters. The summed E-state index contributed by atoms with van der Waals surface area (Å²) in [6.45, 7) is 5.82. The summed E-state index contributed by atoms with van der Waals surface area (Å²) in [4.78, 5) is 37.8. The van der Waals surface area contributed by atoms with Crippen molar-refractivity contribution < 1.29 is 19.1 Å². The second-order valence-corrected chi connectivity index (χ2v) is 6.51. The molecular weight excluding hydrogens is 320 g/mol. The van der Waals surface area contributed by atoms with Crippen LogP contribution in [0.2, 0.25) is 0 Å². The molecule has 0 bridgehead atoms. The van der Waals surface area contributed by atoms with Crippen LogP contribution in [0.25, 0.3) is 0 Å². The molecule has 1 N–H and O–H groups in total. The molecule has 0 radical (unpaired) electrons. The first-order valence-corrected chi connectivity index (χ1v) is 8.73. The topological polar surface area (TPSA) is 75.7 Å². The summed E-state index contributed by atoms with van der Waals surface area (Å²) in [5.74, 6) is -0.963. The molecular formula is C19H26N2O4. The summed E-state index contributed by atoms with van der Waals surface area (Å²) in [7, 11) is 0. The van der Waals surface area contributed by atoms with Crippen LogP contribution in [0.5, 0.6) is 0 Å². The molecule has 1 aromatic rings. The molecule has 6 nitrogen and oxygen atoms in total. The number of amides is 2. The van der Waals surface area contributed by atoms with Crippen LogP contribution < -0.4 is 5.32 Å². The summed E-state index contributed by atoms with van der Waals surface area (Å²) in [5, 5.41) is 2.81. The van der Waals surface area contributed by atoms with Crippen LogP contribution in [0.4, 0.5) is 5.69 Å². The molecule has 1 atom stereocenters. The van der Waals surface area contributed by atoms with Crippen molar-refractivity contribution in [3.05, 3.63) is 29.3 Å². The fourth-order valence-corrected chi connectivity index (χ4v) is 2.89. The van der Waals surface area contributed by atoms with Gasteiger partial charge in [-0.3, -0.25) is 14.4 Å². The number of aryl methyl sites for hydroxylation is 2. The molecule has 1 heterocycles. The highest BCUT2D eigenvalue weighted by molar-refractivity contribution is 5.96. The molecule has 1 aliphatic heterocycles. The van der Waals surface area contributed by atoms with Crippen molar-refractivity contribution in [3.8, 4) is 0 Å². The summed E-state index contributed by atoms with van der Waals surface area (Å²) < 4.78 is 5.21. The lowest BCUT2D eigenvalue weighted by Gasteiger charge is -2.21. The number of nitrogens with one attached hydrogen (secondary N) is 1. The minimum atomic E-state index is -0.923. The lowest BCUT2D eigenvalue weighted by molar-refractivity contribution is -0.156. The van der Waals surface area contributed by atoms with Crippen LogP contribution in [0.1, 0.15) is 43.7 Å². The molecule has 1 fully saturated rings. The smallest absolute Gasteiger partial charge is 0.326 e. The average Bonchev–Trinajstić information content (AvgIpc) is 2.75. The second-order valence-electron chi connectivity index (χ2n) is 6.51. The quantitative estimate of drug-likeness (QED) is 0.832. The molecule has 136 valence electrons. The second kappa shape index (κ2) is 8.65. The highest BCUT2D eigenvalue weighted by Crippen LogP contribution is 2.20. The predicted molar refractivity (Wildman–Crippen MR) is 95.1 cm³/mol. The van der Waals surface area contributed by atoms with E-state index in [-0.39, 0.29) is 18.4 Å². The molecule has 1 saturated heterocycles. The van der Waals surface area contributed by atoms with Crippen molar-refractivity contribution in [2.75, 3.05) is 18.4 Å². The number of likely N-dealkylation sites (tertiary alicyclic amines) is 1. The maximum atomic E-state index is 12.3. The van der Waals surface area contributed by atoms with Gasteiger partial charge in [0.1, 0.15) is 6.54 Å². The fourth-order valence-electron chi connectivity index (χ4n) is 2.89. The Balaban J connectivity index is 1.89. The van der Waals surface area contributed by atoms with Crippen molar-refractivity contribution >= 4 is 23.5 Å². The van der Waals surface area contributed by atoms with E-state index in [9.17, 15) is 14.4 Å². The largest absolute Gasteiger partial charge is 0.451 e. The molecule has 25 heavy (non-hydrogen) atoms. The Morgan fingerprint density at radius 3 is 2.56 bits per heavy atom. The number of rotatable bonds is 5. The molecule has 0 aliphatic carbocycles. The normalized spacial score (nSPS) is 16.1. The standard InChI is InChI=1S/C19H26N2O4/c1-13-8-7-9-14(2)18(13)20-19(24)15(3)25-17(23)12-21-11-6-4-5-10-16(21)22/h7-9,15H,4-6,10-12H2,1-3H3,(H,20,24)/t15-/m0/s1. The molecule has 2 rings (SSSR count). The number of esters is 1. The zero-order chi connectivity index (χ0) is 18.4. The molecule has 0 saturated carbocycles. The van der Waals surface area contributed by atoms with E-state index in [1.54, 1.807) is 0 Å². The van der Waals surface area contributed by atoms with Crippen molar-refractivity contribution in [2.45, 2.75) is 52.6 Å². The highest BCUT2D eigenvalue weighted by Gasteiger charge is 2.23. The van der Waals surface area contributed by atoms with Gasteiger partial charge in [-0.2, -0.15) is 0 Å². The highest BCUT2D eigenvalue weighted by atomic mass is 16.5. The fraction of sp³-hybridized carbons (Fsp3) is 0.526. The maximum Gasteiger partial charge on any atom is 0.326 e. The molecule has 1 aromatic carbocycles. The Bertz CT molecular complexity index is 637. The van der Waals surface area contributed by atoms with Gasteiger partial charge in [-0.05, 0) is 44.7 Å². The van der Waals surface area contributed by atoms with Crippen LogP contribution >= 0.6 is 0 Å². The van der Waals surface area contributed by atoms with Gasteiger partial charge in [0.05, 0.1) is 0 Å². The zero-order valence-corrected chi connectivity index (χ0v) is 15.1. The van der Waals surface area contributed by atoms with E-state index in [1.807, 2.05) is 32.0 Å². The molecule has 0 aromatic heterocycles. The molecule has 1 aliphatic rings. The van der Waals surface area contributed by atoms with E-state index in [4.69, 9.17) is 4.74 Å². The van der Waals surface area contributed by atoms with Gasteiger partial charge in [0.15, 0.2) is 6.10 Å². The first kappa shape index (κ1) is 19.0. The van der Waals surface area contributed by atoms with Crippen molar-refractivity contribution in [3.63, 3.8) is 0 Å². The molecule has 0 spiro atoms. The van der Waals surface area contributed by atoms with Gasteiger partial charge >= 0.3 is 5.97 Å². The third-order valence-electron chi connectivity index (χ3n) is 4.40. The van der Waals surface area contributed by atoms with Gasteiger partial charge in [-0.15, -0.1) is 0 Å². The maximum absolute atomic E-state index is 12.3. The lowest BCUT2D eigenvalue weighted by Crippen LogP contribution is -2.39. The van der Waals surface area contributed by atoms with E-state index in [2.05, 4.69) is 5.32 Å². The van der Waals surface area contributed by atoms with Crippen LogP contribution in [0.3, 0.4) is 0 Å². The number of carbonyl (C=O) groups is 3. The number of carbonyl (C=O) groups excluding carboxylic acids is 3. The zero-order valence-electron chi connectivity index (χ0n) is 15.1. The first-order chi connectivity index (χ1) is 11.9. The Labute approximate surface area is 148 Å². The minimum Gasteiger partial charge on any atom is -0.451 e. The lowest BCUT2D eigenvalue weighted by atomic mass is 10.1. The van der Waals surface area contributed by atoms with E-state index >= 15 is 0 Å². The first-order valence-electron chi connectivity index (χ1n) is 8.73. The molecule has 6 heteroatoms. The Hall–Kier alpha value is -2.37. The third-order valence-corrected chi connectivity index (χ3v) is 4.40. The number of benzene rings is 1. The van der Waals surface area contributed by atoms with Crippen molar-refractivity contribution in [1.82, 2.24) is 4.90 Å². The predicted octanol–water partition coefficient (Wildman–Crippen LogP) is 2.58. The van der Waals surface area contributed by atoms with Crippen molar-refractivity contribution in [1.29, 1.82) is 0 Å². The number of hydrogen-bond acceptors (Lipinski definition) is 4. The summed E-state index contributed by atoms with van der Waals surface area (Å²) in [5.41, 5.74) is 2.63.